The molecule has 7 atom stereocenters. The molecule has 0 aromatic rings. The van der Waals surface area contributed by atoms with E-state index in [2.05, 4.69) is 0 Å². The minimum Gasteiger partial charge on any atom is -0.368 e. The Bertz CT molecular complexity index is 547. The molecule has 7 unspecified atom stereocenters. The van der Waals surface area contributed by atoms with Crippen LogP contribution in [-0.2, 0) is 14.2 Å². The van der Waals surface area contributed by atoms with Gasteiger partial charge in [-0.05, 0) is 57.3 Å². The first-order valence-corrected chi connectivity index (χ1v) is 11.1. The summed E-state index contributed by atoms with van der Waals surface area (Å²) in [4.78, 5) is 0. The summed E-state index contributed by atoms with van der Waals surface area (Å²) in [5.41, 5.74) is -1.97. The van der Waals surface area contributed by atoms with Crippen LogP contribution >= 0.6 is 0 Å². The summed E-state index contributed by atoms with van der Waals surface area (Å²) in [6.45, 7) is 3.71. The molecule has 0 bridgehead atoms. The predicted octanol–water partition coefficient (Wildman–Crippen LogP) is 5.35. The number of hydrogen-bond acceptors (Lipinski definition) is 4. The lowest BCUT2D eigenvalue weighted by atomic mass is 9.77. The third kappa shape index (κ3) is 5.35. The van der Waals surface area contributed by atoms with Crippen LogP contribution in [0.5, 0.6) is 0 Å². The van der Waals surface area contributed by atoms with Gasteiger partial charge in [0.2, 0.25) is 0 Å². The van der Waals surface area contributed by atoms with E-state index in [4.69, 9.17) is 14.2 Å². The topological polar surface area (TPSA) is 47.9 Å². The highest BCUT2D eigenvalue weighted by atomic mass is 19.4. The van der Waals surface area contributed by atoms with Gasteiger partial charge in [0.05, 0.1) is 17.6 Å². The van der Waals surface area contributed by atoms with Gasteiger partial charge < -0.3 is 19.3 Å². The Kier molecular flexibility index (Phi) is 7.68. The minimum atomic E-state index is -4.38. The fourth-order valence-corrected chi connectivity index (χ4v) is 4.91. The first kappa shape index (κ1) is 23.0. The molecule has 168 valence electrons. The Labute approximate surface area is 171 Å². The molecule has 1 aliphatic carbocycles. The van der Waals surface area contributed by atoms with Crippen LogP contribution in [0.2, 0.25) is 0 Å². The van der Waals surface area contributed by atoms with E-state index in [-0.39, 0.29) is 24.4 Å². The number of ether oxygens (including phenoxy) is 3. The summed E-state index contributed by atoms with van der Waals surface area (Å²) >= 11 is 0. The van der Waals surface area contributed by atoms with Crippen LogP contribution in [0, 0.1) is 17.3 Å². The van der Waals surface area contributed by atoms with Crippen LogP contribution in [0.3, 0.4) is 0 Å². The molecule has 2 saturated heterocycles. The molecule has 2 aliphatic heterocycles. The number of rotatable bonds is 8. The fourth-order valence-electron chi connectivity index (χ4n) is 4.91. The molecule has 1 saturated carbocycles. The van der Waals surface area contributed by atoms with Crippen molar-refractivity contribution in [1.82, 2.24) is 0 Å². The number of unbranched alkanes of at least 4 members (excludes halogenated alkanes) is 1. The van der Waals surface area contributed by atoms with Gasteiger partial charge in [-0.15, -0.1) is 0 Å². The second kappa shape index (κ2) is 9.67. The average Bonchev–Trinajstić information content (AvgIpc) is 3.22. The van der Waals surface area contributed by atoms with Gasteiger partial charge in [-0.2, -0.15) is 13.2 Å². The maximum Gasteiger partial charge on any atom is 0.397 e. The molecule has 7 heteroatoms. The summed E-state index contributed by atoms with van der Waals surface area (Å²) in [5, 5.41) is 9.74. The molecule has 3 aliphatic rings. The summed E-state index contributed by atoms with van der Waals surface area (Å²) in [7, 11) is 0. The number of halogens is 3. The largest absolute Gasteiger partial charge is 0.397 e. The van der Waals surface area contributed by atoms with E-state index < -0.39 is 30.3 Å². The standard InChI is InChI=1S/C22H35F3O4/c1-3-4-12-21(2,22(23,24)25)18(29-20-7-5-6-13-27-20)11-9-15-8-10-17-16(15)14-19(26)28-17/h9,11,15-20,26H,3-8,10,12-14H2,1-2H3/b11-9+. The molecule has 0 radical (unpaired) electrons. The van der Waals surface area contributed by atoms with Gasteiger partial charge in [-0.25, -0.2) is 0 Å². The van der Waals surface area contributed by atoms with Crippen LogP contribution in [0.4, 0.5) is 13.2 Å². The first-order valence-electron chi connectivity index (χ1n) is 11.1. The summed E-state index contributed by atoms with van der Waals surface area (Å²) in [6.07, 6.45) is 2.60. The number of aliphatic hydroxyl groups is 1. The molecule has 4 nitrogen and oxygen atoms in total. The highest BCUT2D eigenvalue weighted by Crippen LogP contribution is 2.48. The summed E-state index contributed by atoms with van der Waals surface area (Å²) in [6, 6.07) is 0. The smallest absolute Gasteiger partial charge is 0.368 e. The molecule has 0 amide bonds. The number of fused-ring (bicyclic) bond motifs is 1. The van der Waals surface area contributed by atoms with E-state index in [0.29, 0.717) is 32.3 Å². The maximum atomic E-state index is 14.2. The lowest BCUT2D eigenvalue weighted by Gasteiger charge is -2.40. The third-order valence-corrected chi connectivity index (χ3v) is 6.91. The Morgan fingerprint density at radius 3 is 2.66 bits per heavy atom. The van der Waals surface area contributed by atoms with Gasteiger partial charge in [0.1, 0.15) is 0 Å². The molecule has 0 spiro atoms. The van der Waals surface area contributed by atoms with Crippen molar-refractivity contribution >= 4 is 0 Å². The number of hydrogen-bond donors (Lipinski definition) is 1. The van der Waals surface area contributed by atoms with Crippen LogP contribution in [0.15, 0.2) is 12.2 Å². The van der Waals surface area contributed by atoms with Gasteiger partial charge in [0.25, 0.3) is 0 Å². The SMILES string of the molecule is CCCCC(C)(C(/C=C/C1CCC2OC(O)CC12)OC1CCCCO1)C(F)(F)F. The molecule has 0 aromatic carbocycles. The second-order valence-electron chi connectivity index (χ2n) is 9.03. The van der Waals surface area contributed by atoms with Crippen molar-refractivity contribution in [1.29, 1.82) is 0 Å². The van der Waals surface area contributed by atoms with E-state index in [9.17, 15) is 18.3 Å². The first-order chi connectivity index (χ1) is 13.7. The van der Waals surface area contributed by atoms with Crippen molar-refractivity contribution < 1.29 is 32.5 Å². The van der Waals surface area contributed by atoms with Crippen molar-refractivity contribution in [3.63, 3.8) is 0 Å². The molecule has 2 heterocycles. The predicted molar refractivity (Wildman–Crippen MR) is 103 cm³/mol. The Morgan fingerprint density at radius 2 is 2.00 bits per heavy atom. The van der Waals surface area contributed by atoms with Gasteiger partial charge in [-0.1, -0.05) is 31.9 Å². The van der Waals surface area contributed by atoms with Crippen molar-refractivity contribution in [3.8, 4) is 0 Å². The molecule has 3 rings (SSSR count). The molecular weight excluding hydrogens is 385 g/mol. The number of allylic oxidation sites excluding steroid dienone is 1. The fraction of sp³-hybridized carbons (Fsp3) is 0.909. The van der Waals surface area contributed by atoms with Crippen LogP contribution in [0.1, 0.15) is 71.6 Å². The second-order valence-corrected chi connectivity index (χ2v) is 9.03. The molecule has 3 fully saturated rings. The Balaban J connectivity index is 1.79. The normalized spacial score (nSPS) is 36.3. The van der Waals surface area contributed by atoms with E-state index in [0.717, 1.165) is 25.7 Å². The van der Waals surface area contributed by atoms with E-state index >= 15 is 0 Å². The Hall–Kier alpha value is -0.630. The minimum absolute atomic E-state index is 0.00906. The van der Waals surface area contributed by atoms with Gasteiger partial charge >= 0.3 is 6.18 Å². The van der Waals surface area contributed by atoms with Gasteiger partial charge in [0.15, 0.2) is 12.6 Å². The lowest BCUT2D eigenvalue weighted by molar-refractivity contribution is -0.279. The molecule has 1 N–H and O–H groups in total. The highest BCUT2D eigenvalue weighted by molar-refractivity contribution is 5.07. The number of alkyl halides is 3. The van der Waals surface area contributed by atoms with Crippen LogP contribution in [0.25, 0.3) is 0 Å². The van der Waals surface area contributed by atoms with Crippen molar-refractivity contribution in [2.75, 3.05) is 6.61 Å². The van der Waals surface area contributed by atoms with Crippen molar-refractivity contribution in [3.05, 3.63) is 12.2 Å². The van der Waals surface area contributed by atoms with Crippen LogP contribution in [-0.4, -0.2) is 42.7 Å². The quantitative estimate of drug-likeness (QED) is 0.538. The summed E-state index contributed by atoms with van der Waals surface area (Å²) in [5.74, 6) is 0.278. The molecule has 29 heavy (non-hydrogen) atoms. The molecular formula is C22H35F3O4. The van der Waals surface area contributed by atoms with E-state index in [1.165, 1.54) is 6.92 Å². The van der Waals surface area contributed by atoms with E-state index in [1.54, 1.807) is 6.08 Å². The lowest BCUT2D eigenvalue weighted by Crippen LogP contribution is -2.47. The summed E-state index contributed by atoms with van der Waals surface area (Å²) < 4.78 is 59.6. The van der Waals surface area contributed by atoms with Crippen molar-refractivity contribution in [2.24, 2.45) is 17.3 Å². The number of aliphatic hydroxyl groups excluding tert-OH is 1. The van der Waals surface area contributed by atoms with Crippen LogP contribution < -0.4 is 0 Å². The zero-order valence-electron chi connectivity index (χ0n) is 17.5. The highest BCUT2D eigenvalue weighted by Gasteiger charge is 2.56. The zero-order chi connectivity index (χ0) is 21.1. The third-order valence-electron chi connectivity index (χ3n) is 6.91. The monoisotopic (exact) mass is 420 g/mol. The van der Waals surface area contributed by atoms with Gasteiger partial charge in [-0.3, -0.25) is 0 Å². The van der Waals surface area contributed by atoms with Crippen molar-refractivity contribution in [2.45, 2.75) is 103 Å². The Morgan fingerprint density at radius 1 is 1.21 bits per heavy atom. The van der Waals surface area contributed by atoms with Gasteiger partial charge in [0, 0.05) is 13.0 Å². The zero-order valence-corrected chi connectivity index (χ0v) is 17.5. The maximum absolute atomic E-state index is 14.2. The molecule has 0 aromatic heterocycles. The average molecular weight is 421 g/mol. The van der Waals surface area contributed by atoms with E-state index in [1.807, 2.05) is 13.0 Å².